The van der Waals surface area contributed by atoms with Crippen molar-refractivity contribution in [3.05, 3.63) is 17.7 Å². The van der Waals surface area contributed by atoms with E-state index in [1.165, 1.54) is 7.11 Å². The largest absolute Gasteiger partial charge is 0.481 e. The van der Waals surface area contributed by atoms with E-state index in [1.807, 2.05) is 6.07 Å². The van der Waals surface area contributed by atoms with Gasteiger partial charge >= 0.3 is 6.09 Å². The van der Waals surface area contributed by atoms with E-state index < -0.39 is 18.0 Å². The van der Waals surface area contributed by atoms with E-state index >= 15 is 0 Å². The Balaban J connectivity index is 2.22. The SMILES string of the molecule is COc1ccc2c(n1)NC(=O)C(NC(=O)O)CC2. The minimum atomic E-state index is -1.22. The van der Waals surface area contributed by atoms with Crippen molar-refractivity contribution in [1.82, 2.24) is 10.3 Å². The van der Waals surface area contributed by atoms with E-state index in [4.69, 9.17) is 9.84 Å². The van der Waals surface area contributed by atoms with Gasteiger partial charge in [0.1, 0.15) is 11.9 Å². The molecule has 1 aromatic rings. The molecular formula is C11H13N3O4. The molecule has 0 saturated carbocycles. The molecule has 0 spiro atoms. The zero-order chi connectivity index (χ0) is 13.1. The Hall–Kier alpha value is -2.31. The Bertz CT molecular complexity index is 489. The smallest absolute Gasteiger partial charge is 0.405 e. The normalized spacial score (nSPS) is 18.3. The van der Waals surface area contributed by atoms with Gasteiger partial charge in [0.2, 0.25) is 11.8 Å². The van der Waals surface area contributed by atoms with Crippen molar-refractivity contribution in [2.45, 2.75) is 18.9 Å². The number of carbonyl (C=O) groups is 2. The van der Waals surface area contributed by atoms with Crippen LogP contribution in [-0.2, 0) is 11.2 Å². The molecule has 7 nitrogen and oxygen atoms in total. The Morgan fingerprint density at radius 3 is 3.06 bits per heavy atom. The van der Waals surface area contributed by atoms with Gasteiger partial charge in [0.05, 0.1) is 7.11 Å². The van der Waals surface area contributed by atoms with Crippen molar-refractivity contribution in [3.8, 4) is 5.88 Å². The first kappa shape index (κ1) is 12.2. The molecule has 2 rings (SSSR count). The molecule has 18 heavy (non-hydrogen) atoms. The van der Waals surface area contributed by atoms with E-state index in [-0.39, 0.29) is 0 Å². The van der Waals surface area contributed by atoms with E-state index in [0.29, 0.717) is 24.5 Å². The molecule has 96 valence electrons. The van der Waals surface area contributed by atoms with Gasteiger partial charge in [0, 0.05) is 6.07 Å². The number of aromatic nitrogens is 1. The number of methoxy groups -OCH3 is 1. The molecule has 2 heterocycles. The maximum absolute atomic E-state index is 11.8. The first-order valence-corrected chi connectivity index (χ1v) is 5.44. The number of hydrogen-bond acceptors (Lipinski definition) is 4. The highest BCUT2D eigenvalue weighted by Gasteiger charge is 2.25. The summed E-state index contributed by atoms with van der Waals surface area (Å²) >= 11 is 0. The van der Waals surface area contributed by atoms with Crippen molar-refractivity contribution in [1.29, 1.82) is 0 Å². The summed E-state index contributed by atoms with van der Waals surface area (Å²) in [5, 5.41) is 13.4. The fraction of sp³-hybridized carbons (Fsp3) is 0.364. The van der Waals surface area contributed by atoms with Crippen molar-refractivity contribution in [2.75, 3.05) is 12.4 Å². The third-order valence-electron chi connectivity index (χ3n) is 2.72. The van der Waals surface area contributed by atoms with Gasteiger partial charge in [-0.1, -0.05) is 0 Å². The molecular weight excluding hydrogens is 238 g/mol. The molecule has 3 N–H and O–H groups in total. The molecule has 1 aliphatic heterocycles. The van der Waals surface area contributed by atoms with Crippen molar-refractivity contribution in [2.24, 2.45) is 0 Å². The topological polar surface area (TPSA) is 101 Å². The maximum atomic E-state index is 11.8. The summed E-state index contributed by atoms with van der Waals surface area (Å²) in [6.45, 7) is 0. The van der Waals surface area contributed by atoms with Crippen molar-refractivity contribution in [3.63, 3.8) is 0 Å². The average molecular weight is 251 g/mol. The molecule has 1 aromatic heterocycles. The van der Waals surface area contributed by atoms with Crippen LogP contribution in [0.4, 0.5) is 10.6 Å². The molecule has 1 unspecified atom stereocenters. The molecule has 2 amide bonds. The monoisotopic (exact) mass is 251 g/mol. The van der Waals surface area contributed by atoms with E-state index in [9.17, 15) is 9.59 Å². The van der Waals surface area contributed by atoms with Crippen LogP contribution >= 0.6 is 0 Å². The minimum absolute atomic E-state index is 0.402. The third-order valence-corrected chi connectivity index (χ3v) is 2.72. The summed E-state index contributed by atoms with van der Waals surface area (Å²) in [5.74, 6) is 0.421. The van der Waals surface area contributed by atoms with Gasteiger partial charge in [-0.05, 0) is 24.5 Å². The van der Waals surface area contributed by atoms with Crippen LogP contribution in [0.2, 0.25) is 0 Å². The highest BCUT2D eigenvalue weighted by atomic mass is 16.5. The standard InChI is InChI=1S/C11H13N3O4/c1-18-8-5-3-6-2-4-7(12-11(16)17)10(15)14-9(6)13-8/h3,5,7,12H,2,4H2,1H3,(H,16,17)(H,13,14,15). The van der Waals surface area contributed by atoms with Crippen LogP contribution in [0.15, 0.2) is 12.1 Å². The van der Waals surface area contributed by atoms with Crippen LogP contribution in [0.5, 0.6) is 5.88 Å². The second-order valence-corrected chi connectivity index (χ2v) is 3.89. The van der Waals surface area contributed by atoms with Crippen LogP contribution in [-0.4, -0.2) is 35.2 Å². The molecule has 0 fully saturated rings. The first-order chi connectivity index (χ1) is 8.60. The number of nitrogens with one attached hydrogen (secondary N) is 2. The number of carboxylic acid groups (broad SMARTS) is 1. The van der Waals surface area contributed by atoms with Crippen molar-refractivity contribution < 1.29 is 19.4 Å². The quantitative estimate of drug-likeness (QED) is 0.715. The van der Waals surface area contributed by atoms with Gasteiger partial charge in [-0.15, -0.1) is 0 Å². The van der Waals surface area contributed by atoms with Crippen molar-refractivity contribution >= 4 is 17.8 Å². The van der Waals surface area contributed by atoms with Gasteiger partial charge in [-0.3, -0.25) is 4.79 Å². The third kappa shape index (κ3) is 2.50. The highest BCUT2D eigenvalue weighted by Crippen LogP contribution is 2.22. The number of carbonyl (C=O) groups excluding carboxylic acids is 1. The molecule has 0 saturated heterocycles. The lowest BCUT2D eigenvalue weighted by molar-refractivity contribution is -0.118. The summed E-state index contributed by atoms with van der Waals surface area (Å²) in [5.41, 5.74) is 0.860. The summed E-state index contributed by atoms with van der Waals surface area (Å²) in [6.07, 6.45) is -0.249. The van der Waals surface area contributed by atoms with Crippen LogP contribution in [0, 0.1) is 0 Å². The number of hydrogen-bond donors (Lipinski definition) is 3. The highest BCUT2D eigenvalue weighted by molar-refractivity contribution is 5.97. The first-order valence-electron chi connectivity index (χ1n) is 5.44. The number of anilines is 1. The Labute approximate surface area is 103 Å². The Morgan fingerprint density at radius 1 is 1.61 bits per heavy atom. The number of aryl methyl sites for hydroxylation is 1. The van der Waals surface area contributed by atoms with Crippen LogP contribution < -0.4 is 15.4 Å². The fourth-order valence-electron chi connectivity index (χ4n) is 1.82. The van der Waals surface area contributed by atoms with E-state index in [1.54, 1.807) is 6.07 Å². The molecule has 1 aliphatic rings. The second-order valence-electron chi connectivity index (χ2n) is 3.89. The van der Waals surface area contributed by atoms with E-state index in [2.05, 4.69) is 15.6 Å². The zero-order valence-electron chi connectivity index (χ0n) is 9.77. The maximum Gasteiger partial charge on any atom is 0.405 e. The predicted molar refractivity (Wildman–Crippen MR) is 62.7 cm³/mol. The number of ether oxygens (including phenoxy) is 1. The van der Waals surface area contributed by atoms with Gasteiger partial charge in [0.25, 0.3) is 0 Å². The Kier molecular flexibility index (Phi) is 3.31. The number of amides is 2. The lowest BCUT2D eigenvalue weighted by atomic mass is 10.1. The molecule has 0 aliphatic carbocycles. The predicted octanol–water partition coefficient (Wildman–Crippen LogP) is 0.611. The zero-order valence-corrected chi connectivity index (χ0v) is 9.77. The lowest BCUT2D eigenvalue weighted by Crippen LogP contribution is -2.42. The lowest BCUT2D eigenvalue weighted by Gasteiger charge is -2.12. The number of nitrogens with zero attached hydrogens (tertiary/aromatic N) is 1. The molecule has 0 aromatic carbocycles. The van der Waals surface area contributed by atoms with Gasteiger partial charge in [-0.2, -0.15) is 4.98 Å². The average Bonchev–Trinajstić information content (AvgIpc) is 2.48. The van der Waals surface area contributed by atoms with Gasteiger partial charge in [0.15, 0.2) is 0 Å². The fourth-order valence-corrected chi connectivity index (χ4v) is 1.82. The summed E-state index contributed by atoms with van der Waals surface area (Å²) in [6, 6.07) is 2.75. The number of fused-ring (bicyclic) bond motifs is 1. The molecule has 1 atom stereocenters. The van der Waals surface area contributed by atoms with Crippen LogP contribution in [0.3, 0.4) is 0 Å². The van der Waals surface area contributed by atoms with Crippen LogP contribution in [0.1, 0.15) is 12.0 Å². The summed E-state index contributed by atoms with van der Waals surface area (Å²) in [4.78, 5) is 26.5. The molecule has 7 heteroatoms. The molecule has 0 bridgehead atoms. The van der Waals surface area contributed by atoms with Crippen LogP contribution in [0.25, 0.3) is 0 Å². The summed E-state index contributed by atoms with van der Waals surface area (Å²) in [7, 11) is 1.49. The Morgan fingerprint density at radius 2 is 2.39 bits per heavy atom. The summed E-state index contributed by atoms with van der Waals surface area (Å²) < 4.78 is 4.98. The second kappa shape index (κ2) is 4.91. The molecule has 0 radical (unpaired) electrons. The minimum Gasteiger partial charge on any atom is -0.481 e. The van der Waals surface area contributed by atoms with Gasteiger partial charge in [-0.25, -0.2) is 4.79 Å². The van der Waals surface area contributed by atoms with Gasteiger partial charge < -0.3 is 20.5 Å². The number of pyridine rings is 1. The van der Waals surface area contributed by atoms with E-state index in [0.717, 1.165) is 5.56 Å². The number of rotatable bonds is 2.